The Morgan fingerprint density at radius 2 is 2.44 bits per heavy atom. The van der Waals surface area contributed by atoms with E-state index in [0.29, 0.717) is 17.6 Å². The van der Waals surface area contributed by atoms with Crippen molar-refractivity contribution in [3.63, 3.8) is 0 Å². The topological polar surface area (TPSA) is 17.1 Å². The molecule has 0 bridgehead atoms. The molecule has 2 aliphatic rings. The molecule has 0 saturated heterocycles. The molecule has 0 aliphatic heterocycles. The molecule has 1 fully saturated rings. The molecule has 2 aliphatic carbocycles. The first-order valence-electron chi connectivity index (χ1n) is 3.57. The van der Waals surface area contributed by atoms with Crippen LogP contribution >= 0.6 is 0 Å². The average molecular weight is 122 g/mol. The fraction of sp³-hybridized carbons (Fsp3) is 0.625. The molecule has 0 aromatic rings. The van der Waals surface area contributed by atoms with Crippen molar-refractivity contribution in [2.45, 2.75) is 19.3 Å². The Bertz CT molecular complexity index is 169. The van der Waals surface area contributed by atoms with E-state index in [9.17, 15) is 4.79 Å². The molecule has 0 aromatic heterocycles. The van der Waals surface area contributed by atoms with E-state index in [4.69, 9.17) is 0 Å². The molecule has 2 rings (SSSR count). The maximum absolute atomic E-state index is 10.8. The predicted molar refractivity (Wildman–Crippen MR) is 35.0 cm³/mol. The molecular weight excluding hydrogens is 112 g/mol. The molecule has 0 radical (unpaired) electrons. The van der Waals surface area contributed by atoms with Crippen molar-refractivity contribution >= 4 is 5.78 Å². The van der Waals surface area contributed by atoms with Crippen molar-refractivity contribution in [3.8, 4) is 0 Å². The Kier molecular flexibility index (Phi) is 0.981. The summed E-state index contributed by atoms with van der Waals surface area (Å²) >= 11 is 0. The lowest BCUT2D eigenvalue weighted by atomic mass is 9.68. The van der Waals surface area contributed by atoms with E-state index in [1.807, 2.05) is 0 Å². The first kappa shape index (κ1) is 5.21. The quantitative estimate of drug-likeness (QED) is 0.445. The van der Waals surface area contributed by atoms with Gasteiger partial charge in [-0.15, -0.1) is 0 Å². The summed E-state index contributed by atoms with van der Waals surface area (Å²) in [6, 6.07) is 0. The molecule has 2 unspecified atom stereocenters. The number of fused-ring (bicyclic) bond motifs is 1. The zero-order chi connectivity index (χ0) is 6.27. The molecular formula is C8H10O. The van der Waals surface area contributed by atoms with Crippen LogP contribution in [0, 0.1) is 11.8 Å². The third kappa shape index (κ3) is 0.640. The molecule has 0 heterocycles. The highest BCUT2D eigenvalue weighted by Crippen LogP contribution is 2.38. The van der Waals surface area contributed by atoms with E-state index in [0.717, 1.165) is 19.3 Å². The van der Waals surface area contributed by atoms with Crippen molar-refractivity contribution in [1.82, 2.24) is 0 Å². The maximum Gasteiger partial charge on any atom is 0.137 e. The Balaban J connectivity index is 2.14. The maximum atomic E-state index is 10.8. The van der Waals surface area contributed by atoms with Gasteiger partial charge in [-0.25, -0.2) is 0 Å². The molecule has 0 N–H and O–H groups in total. The second kappa shape index (κ2) is 1.69. The normalized spacial score (nSPS) is 39.8. The van der Waals surface area contributed by atoms with Gasteiger partial charge in [0, 0.05) is 12.3 Å². The van der Waals surface area contributed by atoms with Crippen LogP contribution in [0.1, 0.15) is 19.3 Å². The summed E-state index contributed by atoms with van der Waals surface area (Å²) in [6.07, 6.45) is 7.46. The summed E-state index contributed by atoms with van der Waals surface area (Å²) in [5.41, 5.74) is 0. The zero-order valence-corrected chi connectivity index (χ0v) is 5.34. The van der Waals surface area contributed by atoms with Crippen LogP contribution < -0.4 is 0 Å². The number of ketones is 1. The van der Waals surface area contributed by atoms with Gasteiger partial charge >= 0.3 is 0 Å². The molecule has 1 saturated carbocycles. The Morgan fingerprint density at radius 1 is 1.56 bits per heavy atom. The van der Waals surface area contributed by atoms with Crippen molar-refractivity contribution in [2.75, 3.05) is 0 Å². The second-order valence-electron chi connectivity index (χ2n) is 2.95. The number of carbonyl (C=O) groups excluding carboxylic acids is 1. The molecule has 0 spiro atoms. The van der Waals surface area contributed by atoms with Crippen LogP contribution in [0.3, 0.4) is 0 Å². The third-order valence-electron chi connectivity index (χ3n) is 2.39. The van der Waals surface area contributed by atoms with Gasteiger partial charge in [0.1, 0.15) is 5.78 Å². The standard InChI is InChI=1S/C8H10O/c9-8-5-6-3-1-2-4-7(6)8/h1,3,6-7H,2,4-5H2. The number of rotatable bonds is 0. The summed E-state index contributed by atoms with van der Waals surface area (Å²) in [5.74, 6) is 1.55. The monoisotopic (exact) mass is 122 g/mol. The van der Waals surface area contributed by atoms with Crippen molar-refractivity contribution in [1.29, 1.82) is 0 Å². The second-order valence-corrected chi connectivity index (χ2v) is 2.95. The first-order chi connectivity index (χ1) is 4.38. The highest BCUT2D eigenvalue weighted by atomic mass is 16.1. The minimum Gasteiger partial charge on any atom is -0.299 e. The average Bonchev–Trinajstić information content (AvgIpc) is 1.86. The molecule has 2 atom stereocenters. The van der Waals surface area contributed by atoms with Gasteiger partial charge < -0.3 is 0 Å². The summed E-state index contributed by atoms with van der Waals surface area (Å²) in [5, 5.41) is 0. The summed E-state index contributed by atoms with van der Waals surface area (Å²) in [4.78, 5) is 10.8. The van der Waals surface area contributed by atoms with Gasteiger partial charge in [0.05, 0.1) is 0 Å². The van der Waals surface area contributed by atoms with Gasteiger partial charge in [0.2, 0.25) is 0 Å². The zero-order valence-electron chi connectivity index (χ0n) is 5.34. The van der Waals surface area contributed by atoms with E-state index < -0.39 is 0 Å². The Hall–Kier alpha value is -0.590. The van der Waals surface area contributed by atoms with Crippen LogP contribution in [0.5, 0.6) is 0 Å². The van der Waals surface area contributed by atoms with Gasteiger partial charge in [-0.05, 0) is 18.8 Å². The molecule has 0 amide bonds. The number of hydrogen-bond acceptors (Lipinski definition) is 1. The van der Waals surface area contributed by atoms with Gasteiger partial charge in [0.25, 0.3) is 0 Å². The minimum atomic E-state index is 0.426. The Labute approximate surface area is 54.8 Å². The number of Topliss-reactive ketones (excluding diaryl/α,β-unsaturated/α-hetero) is 1. The van der Waals surface area contributed by atoms with Gasteiger partial charge in [-0.3, -0.25) is 4.79 Å². The van der Waals surface area contributed by atoms with Crippen LogP contribution in [0.4, 0.5) is 0 Å². The number of allylic oxidation sites excluding steroid dienone is 2. The van der Waals surface area contributed by atoms with Gasteiger partial charge in [0.15, 0.2) is 0 Å². The molecule has 9 heavy (non-hydrogen) atoms. The summed E-state index contributed by atoms with van der Waals surface area (Å²) in [7, 11) is 0. The Morgan fingerprint density at radius 3 is 3.00 bits per heavy atom. The van der Waals surface area contributed by atoms with E-state index in [1.165, 1.54) is 0 Å². The van der Waals surface area contributed by atoms with Crippen LogP contribution in [0.25, 0.3) is 0 Å². The highest BCUT2D eigenvalue weighted by Gasteiger charge is 2.38. The van der Waals surface area contributed by atoms with Crippen molar-refractivity contribution in [2.24, 2.45) is 11.8 Å². The lowest BCUT2D eigenvalue weighted by Gasteiger charge is -2.35. The smallest absolute Gasteiger partial charge is 0.137 e. The van der Waals surface area contributed by atoms with Crippen molar-refractivity contribution < 1.29 is 4.79 Å². The van der Waals surface area contributed by atoms with Crippen LogP contribution in [-0.2, 0) is 4.79 Å². The molecule has 1 heteroatoms. The number of hydrogen-bond donors (Lipinski definition) is 0. The summed E-state index contributed by atoms with van der Waals surface area (Å²) < 4.78 is 0. The first-order valence-corrected chi connectivity index (χ1v) is 3.57. The molecule has 48 valence electrons. The van der Waals surface area contributed by atoms with Crippen LogP contribution in [0.15, 0.2) is 12.2 Å². The fourth-order valence-electron chi connectivity index (χ4n) is 1.73. The lowest BCUT2D eigenvalue weighted by molar-refractivity contribution is -0.132. The predicted octanol–water partition coefficient (Wildman–Crippen LogP) is 1.54. The SMILES string of the molecule is O=C1CC2C=CCCC12. The van der Waals surface area contributed by atoms with Gasteiger partial charge in [-0.2, -0.15) is 0 Å². The molecule has 0 aromatic carbocycles. The van der Waals surface area contributed by atoms with E-state index in [-0.39, 0.29) is 0 Å². The number of carbonyl (C=O) groups is 1. The minimum absolute atomic E-state index is 0.426. The van der Waals surface area contributed by atoms with Crippen LogP contribution in [0.2, 0.25) is 0 Å². The largest absolute Gasteiger partial charge is 0.299 e. The van der Waals surface area contributed by atoms with E-state index in [1.54, 1.807) is 0 Å². The highest BCUT2D eigenvalue weighted by molar-refractivity contribution is 5.88. The lowest BCUT2D eigenvalue weighted by Crippen LogP contribution is -2.37. The summed E-state index contributed by atoms with van der Waals surface area (Å²) in [6.45, 7) is 0. The van der Waals surface area contributed by atoms with Crippen LogP contribution in [-0.4, -0.2) is 5.78 Å². The fourth-order valence-corrected chi connectivity index (χ4v) is 1.73. The van der Waals surface area contributed by atoms with Gasteiger partial charge in [-0.1, -0.05) is 12.2 Å². The third-order valence-corrected chi connectivity index (χ3v) is 2.39. The van der Waals surface area contributed by atoms with Crippen molar-refractivity contribution in [3.05, 3.63) is 12.2 Å². The van der Waals surface area contributed by atoms with E-state index in [2.05, 4.69) is 12.2 Å². The van der Waals surface area contributed by atoms with E-state index >= 15 is 0 Å². The molecule has 1 nitrogen and oxygen atoms in total.